The number of nitrogens with one attached hydrogen (secondary N) is 1. The van der Waals surface area contributed by atoms with Gasteiger partial charge in [0.1, 0.15) is 10.6 Å². The number of morpholine rings is 1. The molecule has 2 unspecified atom stereocenters. The van der Waals surface area contributed by atoms with Crippen molar-refractivity contribution in [2.24, 2.45) is 5.84 Å². The smallest absolute Gasteiger partial charge is 0.240 e. The lowest BCUT2D eigenvalue weighted by Gasteiger charge is -2.36. The van der Waals surface area contributed by atoms with Crippen LogP contribution in [0, 0.1) is 0 Å². The van der Waals surface area contributed by atoms with E-state index in [0.29, 0.717) is 5.95 Å². The Hall–Kier alpha value is -1.44. The van der Waals surface area contributed by atoms with Crippen molar-refractivity contribution in [3.63, 3.8) is 0 Å². The summed E-state index contributed by atoms with van der Waals surface area (Å²) in [6.07, 6.45) is 0.392. The van der Waals surface area contributed by atoms with Crippen molar-refractivity contribution >= 4 is 33.3 Å². The molecule has 7 heteroatoms. The van der Waals surface area contributed by atoms with Crippen LogP contribution in [0.2, 0.25) is 0 Å². The highest BCUT2D eigenvalue weighted by atomic mass is 32.1. The third-order valence-electron chi connectivity index (χ3n) is 3.15. The van der Waals surface area contributed by atoms with Crippen molar-refractivity contribution in [3.8, 4) is 0 Å². The molecule has 0 spiro atoms. The number of rotatable bonds is 2. The minimum absolute atomic E-state index is 0.196. The van der Waals surface area contributed by atoms with E-state index in [1.54, 1.807) is 11.3 Å². The maximum absolute atomic E-state index is 5.77. The van der Waals surface area contributed by atoms with Crippen LogP contribution in [0.25, 0.3) is 10.2 Å². The van der Waals surface area contributed by atoms with Gasteiger partial charge in [0.15, 0.2) is 0 Å². The molecule has 0 radical (unpaired) electrons. The summed E-state index contributed by atoms with van der Waals surface area (Å²) in [6.45, 7) is 5.82. The predicted octanol–water partition coefficient (Wildman–Crippen LogP) is 1.59. The Bertz CT molecular complexity index is 577. The molecule has 3 rings (SSSR count). The largest absolute Gasteiger partial charge is 0.372 e. The van der Waals surface area contributed by atoms with E-state index >= 15 is 0 Å². The average molecular weight is 279 g/mol. The number of nitrogens with two attached hydrogens (primary N) is 1. The molecule has 3 heterocycles. The molecule has 2 aromatic heterocycles. The second kappa shape index (κ2) is 4.92. The number of ether oxygens (including phenoxy) is 1. The van der Waals surface area contributed by atoms with Crippen LogP contribution in [-0.2, 0) is 4.74 Å². The molecule has 0 aromatic carbocycles. The van der Waals surface area contributed by atoms with Gasteiger partial charge in [-0.05, 0) is 25.3 Å². The Kier molecular flexibility index (Phi) is 3.26. The van der Waals surface area contributed by atoms with Gasteiger partial charge in [0.2, 0.25) is 5.95 Å². The van der Waals surface area contributed by atoms with Gasteiger partial charge in [0.25, 0.3) is 0 Å². The number of thiophene rings is 1. The summed E-state index contributed by atoms with van der Waals surface area (Å²) in [5.74, 6) is 6.84. The molecule has 3 N–H and O–H groups in total. The number of hydrazine groups is 1. The third-order valence-corrected chi connectivity index (χ3v) is 3.96. The molecule has 1 saturated heterocycles. The third kappa shape index (κ3) is 2.36. The Labute approximate surface area is 115 Å². The van der Waals surface area contributed by atoms with E-state index in [1.165, 1.54) is 0 Å². The zero-order valence-corrected chi connectivity index (χ0v) is 11.8. The molecule has 1 fully saturated rings. The molecule has 102 valence electrons. The molecule has 1 aliphatic heterocycles. The summed E-state index contributed by atoms with van der Waals surface area (Å²) in [5.41, 5.74) is 2.54. The topological polar surface area (TPSA) is 76.3 Å². The average Bonchev–Trinajstić information content (AvgIpc) is 2.84. The van der Waals surface area contributed by atoms with E-state index in [2.05, 4.69) is 40.2 Å². The zero-order chi connectivity index (χ0) is 13.4. The number of hydrogen-bond acceptors (Lipinski definition) is 7. The Morgan fingerprint density at radius 2 is 2.11 bits per heavy atom. The van der Waals surface area contributed by atoms with Crippen LogP contribution < -0.4 is 16.2 Å². The van der Waals surface area contributed by atoms with Gasteiger partial charge in [-0.15, -0.1) is 11.3 Å². The lowest BCUT2D eigenvalue weighted by Crippen LogP contribution is -2.46. The minimum Gasteiger partial charge on any atom is -0.372 e. The lowest BCUT2D eigenvalue weighted by atomic mass is 10.2. The van der Waals surface area contributed by atoms with Gasteiger partial charge in [-0.2, -0.15) is 4.98 Å². The van der Waals surface area contributed by atoms with Crippen molar-refractivity contribution in [1.29, 1.82) is 0 Å². The fourth-order valence-electron chi connectivity index (χ4n) is 2.50. The van der Waals surface area contributed by atoms with E-state index in [1.807, 2.05) is 5.38 Å². The lowest BCUT2D eigenvalue weighted by molar-refractivity contribution is -0.00536. The van der Waals surface area contributed by atoms with Gasteiger partial charge in [-0.25, -0.2) is 10.8 Å². The number of hydrogen-bond donors (Lipinski definition) is 2. The molecule has 19 heavy (non-hydrogen) atoms. The molecular formula is C12H17N5OS. The van der Waals surface area contributed by atoms with Gasteiger partial charge < -0.3 is 9.64 Å². The van der Waals surface area contributed by atoms with Crippen LogP contribution >= 0.6 is 11.3 Å². The quantitative estimate of drug-likeness (QED) is 0.642. The van der Waals surface area contributed by atoms with Crippen LogP contribution in [0.15, 0.2) is 11.4 Å². The van der Waals surface area contributed by atoms with Gasteiger partial charge in [-0.1, -0.05) is 0 Å². The first-order valence-corrected chi connectivity index (χ1v) is 7.17. The highest BCUT2D eigenvalue weighted by Crippen LogP contribution is 2.30. The van der Waals surface area contributed by atoms with Crippen molar-refractivity contribution in [1.82, 2.24) is 9.97 Å². The normalized spacial score (nSPS) is 23.8. The highest BCUT2D eigenvalue weighted by molar-refractivity contribution is 7.16. The van der Waals surface area contributed by atoms with Crippen molar-refractivity contribution in [2.45, 2.75) is 26.1 Å². The Balaban J connectivity index is 2.05. The highest BCUT2D eigenvalue weighted by Gasteiger charge is 2.25. The van der Waals surface area contributed by atoms with Crippen LogP contribution in [0.4, 0.5) is 11.8 Å². The first kappa shape index (κ1) is 12.6. The van der Waals surface area contributed by atoms with Gasteiger partial charge in [0.05, 0.1) is 17.6 Å². The summed E-state index contributed by atoms with van der Waals surface area (Å²) < 4.78 is 5.77. The zero-order valence-electron chi connectivity index (χ0n) is 11.0. The second-order valence-corrected chi connectivity index (χ2v) is 5.71. The van der Waals surface area contributed by atoms with Crippen molar-refractivity contribution in [3.05, 3.63) is 11.4 Å². The summed E-state index contributed by atoms with van der Waals surface area (Å²) in [7, 11) is 0. The molecule has 0 bridgehead atoms. The Morgan fingerprint density at radius 3 is 2.79 bits per heavy atom. The van der Waals surface area contributed by atoms with E-state index < -0.39 is 0 Å². The van der Waals surface area contributed by atoms with Gasteiger partial charge in [-0.3, -0.25) is 5.43 Å². The van der Waals surface area contributed by atoms with E-state index in [9.17, 15) is 0 Å². The van der Waals surface area contributed by atoms with Crippen LogP contribution in [0.1, 0.15) is 13.8 Å². The molecule has 6 nitrogen and oxygen atoms in total. The van der Waals surface area contributed by atoms with Gasteiger partial charge in [0, 0.05) is 13.1 Å². The molecule has 0 saturated carbocycles. The van der Waals surface area contributed by atoms with E-state index in [4.69, 9.17) is 10.6 Å². The standard InChI is InChI=1S/C12H17N5OS/c1-7-5-17(6-8(2)18-7)10-9-3-4-19-11(9)15-12(14-10)16-13/h3-4,7-8H,5-6,13H2,1-2H3,(H,14,15,16). The molecule has 1 aliphatic rings. The first-order chi connectivity index (χ1) is 9.17. The molecule has 0 aliphatic carbocycles. The van der Waals surface area contributed by atoms with Crippen molar-refractivity contribution < 1.29 is 4.74 Å². The van der Waals surface area contributed by atoms with Gasteiger partial charge >= 0.3 is 0 Å². The predicted molar refractivity (Wildman–Crippen MR) is 77.4 cm³/mol. The van der Waals surface area contributed by atoms with E-state index in [0.717, 1.165) is 29.1 Å². The summed E-state index contributed by atoms with van der Waals surface area (Å²) in [6, 6.07) is 2.06. The fraction of sp³-hybridized carbons (Fsp3) is 0.500. The number of aromatic nitrogens is 2. The monoisotopic (exact) mass is 279 g/mol. The maximum atomic E-state index is 5.77. The minimum atomic E-state index is 0.196. The summed E-state index contributed by atoms with van der Waals surface area (Å²) >= 11 is 1.59. The molecule has 2 aromatic rings. The van der Waals surface area contributed by atoms with E-state index in [-0.39, 0.29) is 12.2 Å². The molecule has 0 amide bonds. The fourth-order valence-corrected chi connectivity index (χ4v) is 3.25. The second-order valence-electron chi connectivity index (χ2n) is 4.82. The molecular weight excluding hydrogens is 262 g/mol. The van der Waals surface area contributed by atoms with Crippen LogP contribution in [-0.4, -0.2) is 35.3 Å². The summed E-state index contributed by atoms with van der Waals surface area (Å²) in [4.78, 5) is 12.1. The number of anilines is 2. The summed E-state index contributed by atoms with van der Waals surface area (Å²) in [5, 5.41) is 3.10. The van der Waals surface area contributed by atoms with Crippen LogP contribution in [0.3, 0.4) is 0 Å². The number of nitrogens with zero attached hydrogens (tertiary/aromatic N) is 3. The first-order valence-electron chi connectivity index (χ1n) is 6.29. The SMILES string of the molecule is CC1CN(c2nc(NN)nc3sccc23)CC(C)O1. The Morgan fingerprint density at radius 1 is 1.37 bits per heavy atom. The van der Waals surface area contributed by atoms with Crippen molar-refractivity contribution in [2.75, 3.05) is 23.4 Å². The molecule has 2 atom stereocenters. The number of nitrogen functional groups attached to an aromatic ring is 1. The maximum Gasteiger partial charge on any atom is 0.240 e. The van der Waals surface area contributed by atoms with Crippen LogP contribution in [0.5, 0.6) is 0 Å². The number of fused-ring (bicyclic) bond motifs is 1.